The smallest absolute Gasteiger partial charge is 0.809 e. The molecule has 0 fully saturated rings. The minimum atomic E-state index is -5.61. The molecule has 0 aromatic carbocycles. The van der Waals surface area contributed by atoms with E-state index in [1.54, 1.807) is 0 Å². The van der Waals surface area contributed by atoms with Crippen LogP contribution in [0.3, 0.4) is 0 Å². The zero-order valence-electron chi connectivity index (χ0n) is 23.3. The number of aliphatic hydroxyl groups is 4. The van der Waals surface area contributed by atoms with Crippen LogP contribution in [0, 0.1) is 0 Å². The first-order valence-corrected chi connectivity index (χ1v) is 24.7. The second-order valence-electron chi connectivity index (χ2n) is 6.66. The summed E-state index contributed by atoms with van der Waals surface area (Å²) in [5, 5.41) is 33.6. The maximum atomic E-state index is 10.5. The number of aliphatic hydroxyl groups excluding tert-OH is 4. The summed E-state index contributed by atoms with van der Waals surface area (Å²) < 4.78 is 96.5. The standard InChI is InChI=1S/4C2H7ClO7P2.3Zr/c4*3-1-10-12(8,9)2(4)11(5,6)7;;;/h4*2,4H,1H2,(H,8,9)(H2,5,6,7);;;/q;;;;3*+4/p-12. The topological polar surface area (TPSA) is 531 Å². The molecule has 0 spiro atoms. The number of halogens is 4. The first-order chi connectivity index (χ1) is 20.9. The van der Waals surface area contributed by atoms with Crippen LogP contribution in [0.2, 0.25) is 0 Å². The number of rotatable bonds is 16. The van der Waals surface area contributed by atoms with Crippen LogP contribution in [0.25, 0.3) is 0 Å². The third-order valence-electron chi connectivity index (χ3n) is 3.18. The van der Waals surface area contributed by atoms with Crippen LogP contribution >= 0.6 is 107 Å². The molecule has 0 rings (SSSR count). The molecule has 0 saturated carbocycles. The Hall–Kier alpha value is 4.85. The predicted octanol–water partition coefficient (Wildman–Crippen LogP) is -8.24. The van der Waals surface area contributed by atoms with Crippen molar-refractivity contribution in [2.75, 3.05) is 24.3 Å². The Labute approximate surface area is 362 Å². The monoisotopic (exact) mass is 1220 g/mol. The van der Waals surface area contributed by atoms with Gasteiger partial charge in [-0.15, -0.1) is 0 Å². The van der Waals surface area contributed by atoms with Gasteiger partial charge in [-0.25, -0.2) is 0 Å². The van der Waals surface area contributed by atoms with Crippen molar-refractivity contribution in [3.63, 3.8) is 0 Å². The van der Waals surface area contributed by atoms with Gasteiger partial charge in [0.05, 0.1) is 0 Å². The van der Waals surface area contributed by atoms with Crippen LogP contribution in [0.4, 0.5) is 0 Å². The molecule has 0 aliphatic carbocycles. The summed E-state index contributed by atoms with van der Waals surface area (Å²) in [6.07, 6.45) is 0. The van der Waals surface area contributed by atoms with Crippen LogP contribution in [-0.4, -0.2) is 67.0 Å². The van der Waals surface area contributed by atoms with Gasteiger partial charge in [0.1, 0.15) is 46.6 Å². The fourth-order valence-corrected chi connectivity index (χ4v) is 10.3. The van der Waals surface area contributed by atoms with E-state index in [-0.39, 0.29) is 78.6 Å². The van der Waals surface area contributed by atoms with Crippen LogP contribution in [0.1, 0.15) is 0 Å². The molecule has 43 heteroatoms. The van der Waals surface area contributed by atoms with Gasteiger partial charge in [0.25, 0.3) is 0 Å². The molecule has 0 aliphatic rings. The molecule has 8 atom stereocenters. The zero-order valence-corrected chi connectivity index (χ0v) is 40.9. The summed E-state index contributed by atoms with van der Waals surface area (Å²) in [4.78, 5) is 122. The van der Waals surface area contributed by atoms with E-state index in [2.05, 4.69) is 18.1 Å². The molecular formula is C8H16Cl4O28P8Zr3. The van der Waals surface area contributed by atoms with E-state index in [0.717, 1.165) is 0 Å². The van der Waals surface area contributed by atoms with Gasteiger partial charge >= 0.3 is 78.6 Å². The van der Waals surface area contributed by atoms with Crippen molar-refractivity contribution in [2.24, 2.45) is 0 Å². The van der Waals surface area contributed by atoms with E-state index in [4.69, 9.17) is 66.8 Å². The Balaban J connectivity index is -0.0000000993. The predicted molar refractivity (Wildman–Crippen MR) is 132 cm³/mol. The fraction of sp³-hybridized carbons (Fsp3) is 1.00. The molecule has 8 unspecified atom stereocenters. The first kappa shape index (κ1) is 70.4. The minimum absolute atomic E-state index is 0. The minimum Gasteiger partial charge on any atom is -0.809 e. The zero-order chi connectivity index (χ0) is 40.0. The van der Waals surface area contributed by atoms with Gasteiger partial charge in [-0.1, -0.05) is 46.4 Å². The molecule has 0 saturated heterocycles. The van der Waals surface area contributed by atoms with Crippen LogP contribution < -0.4 is 58.7 Å². The maximum absolute atomic E-state index is 10.5. The van der Waals surface area contributed by atoms with Crippen molar-refractivity contribution < 1.29 is 212 Å². The van der Waals surface area contributed by atoms with Gasteiger partial charge in [-0.05, 0) is 30.4 Å². The fourth-order valence-electron chi connectivity index (χ4n) is 1.23. The normalized spacial score (nSPS) is 18.9. The van der Waals surface area contributed by atoms with Crippen LogP contribution in [0.15, 0.2) is 0 Å². The molecule has 0 aromatic heterocycles. The van der Waals surface area contributed by atoms with E-state index >= 15 is 0 Å². The van der Waals surface area contributed by atoms with Gasteiger partial charge in [0.2, 0.25) is 0 Å². The Morgan fingerprint density at radius 2 is 0.451 bits per heavy atom. The average molecular weight is 1220 g/mol. The second kappa shape index (κ2) is 30.0. The van der Waals surface area contributed by atoms with Crippen LogP contribution in [0.5, 0.6) is 0 Å². The largest absolute Gasteiger partial charge is 4.00 e. The van der Waals surface area contributed by atoms with E-state index < -0.39 is 107 Å². The Morgan fingerprint density at radius 1 is 0.353 bits per heavy atom. The molecule has 0 aliphatic heterocycles. The summed E-state index contributed by atoms with van der Waals surface area (Å²) >= 11 is 19.1. The molecule has 28 nitrogen and oxygen atoms in total. The van der Waals surface area contributed by atoms with E-state index in [1.807, 2.05) is 0 Å². The molecule has 296 valence electrons. The van der Waals surface area contributed by atoms with Gasteiger partial charge in [-0.2, -0.15) is 0 Å². The summed E-state index contributed by atoms with van der Waals surface area (Å²) in [7, 11) is -42.9. The van der Waals surface area contributed by atoms with Gasteiger partial charge in [0.15, 0.2) is 30.4 Å². The summed E-state index contributed by atoms with van der Waals surface area (Å²) in [6, 6.07) is -3.45. The molecule has 4 N–H and O–H groups in total. The SMILES string of the molecule is O=P([O-])([O-])C(O)P(=O)([O-])OCCl.O=P([O-])([O-])C(O)P(=O)([O-])OCCl.O=P([O-])([O-])C(O)P(=O)([O-])OCCl.O=P([O-])([O-])C(O)P(=O)([O-])OCCl.[Zr+4].[Zr+4].[Zr+4]. The number of hydrogen-bond donors (Lipinski definition) is 4. The van der Waals surface area contributed by atoms with Crippen molar-refractivity contribution in [1.82, 2.24) is 0 Å². The van der Waals surface area contributed by atoms with Crippen molar-refractivity contribution in [2.45, 2.75) is 22.3 Å². The first-order valence-electron chi connectivity index (χ1n) is 9.70. The van der Waals surface area contributed by atoms with Crippen molar-refractivity contribution >= 4 is 107 Å². The van der Waals surface area contributed by atoms with E-state index in [9.17, 15) is 95.2 Å². The Morgan fingerprint density at radius 3 is 0.510 bits per heavy atom. The second-order valence-corrected chi connectivity index (χ2v) is 22.7. The molecule has 0 amide bonds. The van der Waals surface area contributed by atoms with Crippen LogP contribution in [-0.2, 0) is 133 Å². The Kier molecular flexibility index (Phi) is 41.4. The summed E-state index contributed by atoms with van der Waals surface area (Å²) in [5.41, 5.74) is -12.3. The molecule has 0 radical (unpaired) electrons. The van der Waals surface area contributed by atoms with Gasteiger partial charge in [0, 0.05) is 0 Å². The van der Waals surface area contributed by atoms with E-state index in [1.165, 1.54) is 0 Å². The molecular weight excluding hydrogens is 1210 g/mol. The molecule has 0 aromatic rings. The van der Waals surface area contributed by atoms with Gasteiger partial charge in [-0.3, -0.25) is 0 Å². The summed E-state index contributed by atoms with van der Waals surface area (Å²) in [6.45, 7) is 0. The van der Waals surface area contributed by atoms with Crippen molar-refractivity contribution in [3.8, 4) is 0 Å². The Bertz CT molecular complexity index is 1150. The molecule has 0 heterocycles. The summed E-state index contributed by atoms with van der Waals surface area (Å²) in [5.74, 6) is 0. The van der Waals surface area contributed by atoms with Crippen molar-refractivity contribution in [3.05, 3.63) is 0 Å². The average Bonchev–Trinajstić information content (AvgIpc) is 2.85. The quantitative estimate of drug-likeness (QED) is 0.0823. The molecule has 51 heavy (non-hydrogen) atoms. The number of hydrogen-bond acceptors (Lipinski definition) is 28. The third-order valence-corrected chi connectivity index (χ3v) is 17.5. The molecule has 0 bridgehead atoms. The maximum Gasteiger partial charge on any atom is 4.00 e. The third kappa shape index (κ3) is 32.3. The number of alkyl halides is 4. The van der Waals surface area contributed by atoms with E-state index in [0.29, 0.717) is 0 Å². The van der Waals surface area contributed by atoms with Crippen molar-refractivity contribution in [1.29, 1.82) is 0 Å². The van der Waals surface area contributed by atoms with Gasteiger partial charge < -0.3 is 134 Å².